The van der Waals surface area contributed by atoms with E-state index in [1.54, 1.807) is 18.0 Å². The average Bonchev–Trinajstić information content (AvgIpc) is 3.09. The molecule has 1 saturated heterocycles. The Morgan fingerprint density at radius 1 is 1.33 bits per heavy atom. The summed E-state index contributed by atoms with van der Waals surface area (Å²) in [5, 5.41) is 10.9. The number of benzene rings is 1. The maximum Gasteiger partial charge on any atom is 0.433 e. The molecule has 1 atom stereocenters. The molecule has 0 N–H and O–H groups in total. The van der Waals surface area contributed by atoms with Crippen molar-refractivity contribution in [1.82, 2.24) is 14.9 Å². The van der Waals surface area contributed by atoms with E-state index in [2.05, 4.69) is 14.9 Å². The first-order valence-electron chi connectivity index (χ1n) is 8.32. The van der Waals surface area contributed by atoms with Gasteiger partial charge in [-0.25, -0.2) is 9.97 Å². The summed E-state index contributed by atoms with van der Waals surface area (Å²) in [6.07, 6.45) is -2.83. The van der Waals surface area contributed by atoms with Crippen molar-refractivity contribution in [3.8, 4) is 0 Å². The molecule has 10 heteroatoms. The van der Waals surface area contributed by atoms with Crippen LogP contribution in [0.5, 0.6) is 0 Å². The maximum absolute atomic E-state index is 12.8. The minimum Gasteiger partial charge on any atom is -0.355 e. The van der Waals surface area contributed by atoms with E-state index >= 15 is 0 Å². The summed E-state index contributed by atoms with van der Waals surface area (Å²) in [6, 6.07) is 7.40. The molecule has 27 heavy (non-hydrogen) atoms. The fourth-order valence-corrected chi connectivity index (χ4v) is 3.18. The predicted octanol–water partition coefficient (Wildman–Crippen LogP) is 3.11. The standard InChI is InChI=1S/C17H18F3N5O2/c1-23(16-8-15(17(18,19)20)21-11-22-16)14-5-6-24(10-14)9-12-3-2-4-13(7-12)25(26)27/h2-4,7-8,11,14H,5-6,9-10H2,1H3. The number of halogens is 3. The molecule has 0 spiro atoms. The minimum absolute atomic E-state index is 0.000295. The lowest BCUT2D eigenvalue weighted by molar-refractivity contribution is -0.384. The van der Waals surface area contributed by atoms with Crippen molar-refractivity contribution < 1.29 is 18.1 Å². The summed E-state index contributed by atoms with van der Waals surface area (Å²) in [6.45, 7) is 1.92. The van der Waals surface area contributed by atoms with Crippen LogP contribution in [0, 0.1) is 10.1 Å². The second-order valence-corrected chi connectivity index (χ2v) is 6.47. The number of rotatable bonds is 5. The molecule has 7 nitrogen and oxygen atoms in total. The van der Waals surface area contributed by atoms with Crippen molar-refractivity contribution in [1.29, 1.82) is 0 Å². The van der Waals surface area contributed by atoms with E-state index in [-0.39, 0.29) is 17.5 Å². The molecule has 3 rings (SSSR count). The van der Waals surface area contributed by atoms with Gasteiger partial charge < -0.3 is 4.90 Å². The number of anilines is 1. The van der Waals surface area contributed by atoms with Crippen LogP contribution in [0.3, 0.4) is 0 Å². The number of aromatic nitrogens is 2. The molecule has 2 aromatic rings. The minimum atomic E-state index is -4.51. The highest BCUT2D eigenvalue weighted by Gasteiger charge is 2.34. The molecule has 144 valence electrons. The van der Waals surface area contributed by atoms with Gasteiger partial charge in [-0.15, -0.1) is 0 Å². The third kappa shape index (κ3) is 4.51. The number of alkyl halides is 3. The van der Waals surface area contributed by atoms with Gasteiger partial charge in [-0.05, 0) is 12.0 Å². The Bertz CT molecular complexity index is 830. The first-order chi connectivity index (χ1) is 12.7. The van der Waals surface area contributed by atoms with Crippen LogP contribution in [0.2, 0.25) is 0 Å². The van der Waals surface area contributed by atoms with E-state index in [4.69, 9.17) is 0 Å². The second-order valence-electron chi connectivity index (χ2n) is 6.47. The molecule has 1 aliphatic rings. The van der Waals surface area contributed by atoms with Crippen molar-refractivity contribution in [3.63, 3.8) is 0 Å². The molecule has 0 radical (unpaired) electrons. The van der Waals surface area contributed by atoms with Gasteiger partial charge in [0.25, 0.3) is 5.69 Å². The number of non-ortho nitro benzene ring substituents is 1. The van der Waals surface area contributed by atoms with Gasteiger partial charge in [0.1, 0.15) is 17.8 Å². The summed E-state index contributed by atoms with van der Waals surface area (Å²) in [7, 11) is 1.71. The molecule has 1 unspecified atom stereocenters. The number of hydrogen-bond acceptors (Lipinski definition) is 6. The molecule has 0 amide bonds. The van der Waals surface area contributed by atoms with Gasteiger partial charge in [0.05, 0.1) is 4.92 Å². The van der Waals surface area contributed by atoms with E-state index < -0.39 is 16.8 Å². The summed E-state index contributed by atoms with van der Waals surface area (Å²) in [5.41, 5.74) is -0.0966. The lowest BCUT2D eigenvalue weighted by atomic mass is 10.2. The number of likely N-dealkylation sites (tertiary alicyclic amines) is 1. The Balaban J connectivity index is 1.65. The van der Waals surface area contributed by atoms with E-state index in [0.29, 0.717) is 13.1 Å². The normalized spacial score (nSPS) is 17.9. The number of likely N-dealkylation sites (N-methyl/N-ethyl adjacent to an activating group) is 1. The van der Waals surface area contributed by atoms with Gasteiger partial charge >= 0.3 is 6.18 Å². The molecular weight excluding hydrogens is 363 g/mol. The molecule has 1 fully saturated rings. The van der Waals surface area contributed by atoms with E-state index in [1.165, 1.54) is 12.1 Å². The molecule has 0 aliphatic carbocycles. The highest BCUT2D eigenvalue weighted by Crippen LogP contribution is 2.30. The number of nitro benzene ring substituents is 1. The fourth-order valence-electron chi connectivity index (χ4n) is 3.18. The number of hydrogen-bond donors (Lipinski definition) is 0. The lowest BCUT2D eigenvalue weighted by Gasteiger charge is -2.26. The quantitative estimate of drug-likeness (QED) is 0.585. The summed E-state index contributed by atoms with van der Waals surface area (Å²) >= 11 is 0. The third-order valence-electron chi connectivity index (χ3n) is 4.63. The first kappa shape index (κ1) is 19.0. The number of nitrogens with zero attached hydrogens (tertiary/aromatic N) is 5. The number of nitro groups is 1. The monoisotopic (exact) mass is 381 g/mol. The fraction of sp³-hybridized carbons (Fsp3) is 0.412. The van der Waals surface area contributed by atoms with Crippen LogP contribution < -0.4 is 4.90 Å². The summed E-state index contributed by atoms with van der Waals surface area (Å²) in [5.74, 6) is 0.222. The molecule has 0 bridgehead atoms. The predicted molar refractivity (Wildman–Crippen MR) is 92.2 cm³/mol. The molecule has 1 aromatic heterocycles. The van der Waals surface area contributed by atoms with Crippen LogP contribution in [0.15, 0.2) is 36.7 Å². The zero-order chi connectivity index (χ0) is 19.6. The largest absolute Gasteiger partial charge is 0.433 e. The van der Waals surface area contributed by atoms with Crippen molar-refractivity contribution in [2.75, 3.05) is 25.0 Å². The van der Waals surface area contributed by atoms with Crippen molar-refractivity contribution >= 4 is 11.5 Å². The van der Waals surface area contributed by atoms with Crippen LogP contribution in [-0.2, 0) is 12.7 Å². The lowest BCUT2D eigenvalue weighted by Crippen LogP contribution is -2.35. The van der Waals surface area contributed by atoms with Gasteiger partial charge in [0.2, 0.25) is 0 Å². The van der Waals surface area contributed by atoms with Crippen LogP contribution in [0.4, 0.5) is 24.7 Å². The Morgan fingerprint density at radius 2 is 2.11 bits per heavy atom. The zero-order valence-corrected chi connectivity index (χ0v) is 14.6. The van der Waals surface area contributed by atoms with Crippen LogP contribution in [0.1, 0.15) is 17.7 Å². The Labute approximate surface area is 153 Å². The molecule has 1 aliphatic heterocycles. The third-order valence-corrected chi connectivity index (χ3v) is 4.63. The highest BCUT2D eigenvalue weighted by atomic mass is 19.4. The van der Waals surface area contributed by atoms with Gasteiger partial charge in [-0.2, -0.15) is 13.2 Å². The Hall–Kier alpha value is -2.75. The van der Waals surface area contributed by atoms with Crippen molar-refractivity contribution in [2.24, 2.45) is 0 Å². The Kier molecular flexibility index (Phi) is 5.26. The molecule has 0 saturated carbocycles. The van der Waals surface area contributed by atoms with Gasteiger partial charge in [0, 0.05) is 50.9 Å². The zero-order valence-electron chi connectivity index (χ0n) is 14.6. The Morgan fingerprint density at radius 3 is 2.81 bits per heavy atom. The second kappa shape index (κ2) is 7.47. The smallest absolute Gasteiger partial charge is 0.355 e. The highest BCUT2D eigenvalue weighted by molar-refractivity contribution is 5.40. The van der Waals surface area contributed by atoms with Crippen molar-refractivity contribution in [3.05, 3.63) is 58.0 Å². The summed E-state index contributed by atoms with van der Waals surface area (Å²) in [4.78, 5) is 21.5. The van der Waals surface area contributed by atoms with E-state index in [9.17, 15) is 23.3 Å². The summed E-state index contributed by atoms with van der Waals surface area (Å²) < 4.78 is 38.5. The van der Waals surface area contributed by atoms with Gasteiger partial charge in [-0.1, -0.05) is 12.1 Å². The molecule has 2 heterocycles. The first-order valence-corrected chi connectivity index (χ1v) is 8.32. The maximum atomic E-state index is 12.8. The van der Waals surface area contributed by atoms with Crippen LogP contribution in [-0.4, -0.2) is 46.0 Å². The SMILES string of the molecule is CN(c1cc(C(F)(F)F)ncn1)C1CCN(Cc2cccc([N+](=O)[O-])c2)C1. The molecule has 1 aromatic carbocycles. The van der Waals surface area contributed by atoms with Crippen molar-refractivity contribution in [2.45, 2.75) is 25.2 Å². The topological polar surface area (TPSA) is 75.4 Å². The van der Waals surface area contributed by atoms with E-state index in [1.807, 2.05) is 6.07 Å². The van der Waals surface area contributed by atoms with Gasteiger partial charge in [-0.3, -0.25) is 15.0 Å². The van der Waals surface area contributed by atoms with E-state index in [0.717, 1.165) is 30.9 Å². The van der Waals surface area contributed by atoms with Crippen LogP contribution >= 0.6 is 0 Å². The average molecular weight is 381 g/mol. The molecular formula is C17H18F3N5O2. The van der Waals surface area contributed by atoms with Crippen LogP contribution in [0.25, 0.3) is 0 Å². The van der Waals surface area contributed by atoms with Gasteiger partial charge in [0.15, 0.2) is 0 Å².